The maximum Gasteiger partial charge on any atom is 0.359 e. The second-order valence-corrected chi connectivity index (χ2v) is 10.0. The van der Waals surface area contributed by atoms with Gasteiger partial charge >= 0.3 is 16.1 Å². The van der Waals surface area contributed by atoms with E-state index in [4.69, 9.17) is 8.92 Å². The fourth-order valence-electron chi connectivity index (χ4n) is 3.67. The van der Waals surface area contributed by atoms with E-state index >= 15 is 0 Å². The van der Waals surface area contributed by atoms with Crippen molar-refractivity contribution in [1.29, 1.82) is 0 Å². The third-order valence-electron chi connectivity index (χ3n) is 5.06. The number of rotatable bonds is 8. The molecule has 1 fully saturated rings. The first-order valence-corrected chi connectivity index (χ1v) is 12.7. The van der Waals surface area contributed by atoms with Gasteiger partial charge in [-0.15, -0.1) is 11.8 Å². The molecule has 11 heteroatoms. The van der Waals surface area contributed by atoms with E-state index in [0.717, 1.165) is 11.2 Å². The van der Waals surface area contributed by atoms with Crippen molar-refractivity contribution < 1.29 is 31.7 Å². The monoisotopic (exact) mass is 488 g/mol. The summed E-state index contributed by atoms with van der Waals surface area (Å²) in [5.41, 5.74) is 1.11. The highest BCUT2D eigenvalue weighted by Crippen LogP contribution is 2.42. The molecule has 172 valence electrons. The molecule has 0 saturated carbocycles. The minimum absolute atomic E-state index is 0.00429. The topological polar surface area (TPSA) is 119 Å². The van der Waals surface area contributed by atoms with E-state index < -0.39 is 39.5 Å². The molecule has 0 aliphatic carbocycles. The lowest BCUT2D eigenvalue weighted by molar-refractivity contribution is -0.154. The molecule has 1 saturated heterocycles. The number of nitrogens with one attached hydrogen (secondary N) is 1. The summed E-state index contributed by atoms with van der Waals surface area (Å²) in [6.07, 6.45) is 0.455. The molecule has 33 heavy (non-hydrogen) atoms. The van der Waals surface area contributed by atoms with Gasteiger partial charge < -0.3 is 14.2 Å². The maximum atomic E-state index is 13.4. The number of ether oxygens (including phenoxy) is 1. The lowest BCUT2D eigenvalue weighted by Crippen LogP contribution is -2.69. The van der Waals surface area contributed by atoms with Gasteiger partial charge in [0, 0.05) is 0 Å². The number of carbonyl (C=O) groups excluding carboxylic acids is 3. The van der Waals surface area contributed by atoms with Gasteiger partial charge in [-0.3, -0.25) is 14.5 Å². The Balaban J connectivity index is 1.72. The van der Waals surface area contributed by atoms with Crippen LogP contribution in [0.2, 0.25) is 0 Å². The van der Waals surface area contributed by atoms with Gasteiger partial charge in [-0.1, -0.05) is 60.7 Å². The van der Waals surface area contributed by atoms with Crippen molar-refractivity contribution in [3.8, 4) is 0 Å². The first-order valence-electron chi connectivity index (χ1n) is 9.88. The van der Waals surface area contributed by atoms with Gasteiger partial charge in [0.2, 0.25) is 6.41 Å². The molecule has 4 rings (SSSR count). The normalized spacial score (nSPS) is 20.1. The number of β-lactam (4-membered cyclic amide) rings is 1. The zero-order chi connectivity index (χ0) is 23.6. The van der Waals surface area contributed by atoms with Crippen molar-refractivity contribution in [2.75, 3.05) is 12.0 Å². The molecule has 2 aromatic rings. The molecule has 1 N–H and O–H groups in total. The van der Waals surface area contributed by atoms with Gasteiger partial charge in [0.25, 0.3) is 5.91 Å². The van der Waals surface area contributed by atoms with Crippen LogP contribution in [-0.2, 0) is 33.4 Å². The van der Waals surface area contributed by atoms with Crippen molar-refractivity contribution >= 4 is 40.2 Å². The van der Waals surface area contributed by atoms with Crippen molar-refractivity contribution in [3.05, 3.63) is 83.2 Å². The zero-order valence-corrected chi connectivity index (χ0v) is 19.0. The fourth-order valence-corrected chi connectivity index (χ4v) is 5.51. The number of carbonyl (C=O) groups is 3. The number of hydrogen-bond donors (Lipinski definition) is 1. The molecule has 2 amide bonds. The highest BCUT2D eigenvalue weighted by atomic mass is 32.2. The molecule has 2 heterocycles. The number of thioether (sulfide) groups is 1. The van der Waals surface area contributed by atoms with Gasteiger partial charge in [0.05, 0.1) is 12.0 Å². The average molecular weight is 489 g/mol. The highest BCUT2D eigenvalue weighted by molar-refractivity contribution is 8.00. The fraction of sp³-hybridized carbons (Fsp3) is 0.227. The van der Waals surface area contributed by atoms with Crippen LogP contribution >= 0.6 is 11.8 Å². The van der Waals surface area contributed by atoms with Crippen LogP contribution in [0.1, 0.15) is 17.2 Å². The van der Waals surface area contributed by atoms with Crippen LogP contribution in [0.25, 0.3) is 0 Å². The quantitative estimate of drug-likeness (QED) is 0.257. The lowest BCUT2D eigenvalue weighted by Gasteiger charge is -2.48. The van der Waals surface area contributed by atoms with E-state index in [0.29, 0.717) is 17.5 Å². The molecule has 0 spiro atoms. The Hall–Kier alpha value is -3.31. The van der Waals surface area contributed by atoms with E-state index in [-0.39, 0.29) is 17.2 Å². The van der Waals surface area contributed by atoms with Gasteiger partial charge in [0.1, 0.15) is 11.4 Å². The Morgan fingerprint density at radius 1 is 1.12 bits per heavy atom. The summed E-state index contributed by atoms with van der Waals surface area (Å²) in [4.78, 5) is 38.1. The van der Waals surface area contributed by atoms with E-state index in [1.165, 1.54) is 11.8 Å². The summed E-state index contributed by atoms with van der Waals surface area (Å²) < 4.78 is 34.5. The molecule has 1 unspecified atom stereocenters. The van der Waals surface area contributed by atoms with Crippen LogP contribution in [0.5, 0.6) is 0 Å². The molecule has 0 bridgehead atoms. The minimum Gasteiger partial charge on any atom is -0.448 e. The van der Waals surface area contributed by atoms with Crippen LogP contribution in [-0.4, -0.2) is 55.0 Å². The smallest absolute Gasteiger partial charge is 0.359 e. The van der Waals surface area contributed by atoms with Gasteiger partial charge in [-0.05, 0) is 11.1 Å². The van der Waals surface area contributed by atoms with Crippen LogP contribution < -0.4 is 5.32 Å². The Kier molecular flexibility index (Phi) is 6.43. The summed E-state index contributed by atoms with van der Waals surface area (Å²) >= 11 is 1.17. The molecular weight excluding hydrogens is 468 g/mol. The molecular formula is C22H20N2O7S2. The minimum atomic E-state index is -3.97. The van der Waals surface area contributed by atoms with E-state index in [1.54, 1.807) is 48.5 Å². The first kappa shape index (κ1) is 22.9. The van der Waals surface area contributed by atoms with Gasteiger partial charge in [-0.2, -0.15) is 8.42 Å². The summed E-state index contributed by atoms with van der Waals surface area (Å²) in [6.45, 7) is 0. The molecule has 0 aromatic heterocycles. The van der Waals surface area contributed by atoms with Crippen LogP contribution in [0, 0.1) is 0 Å². The maximum absolute atomic E-state index is 13.4. The number of fused-ring (bicyclic) bond motifs is 1. The number of esters is 1. The van der Waals surface area contributed by atoms with Crippen LogP contribution in [0.4, 0.5) is 0 Å². The van der Waals surface area contributed by atoms with E-state index in [1.807, 2.05) is 12.1 Å². The Labute approximate surface area is 194 Å². The lowest BCUT2D eigenvalue weighted by atomic mass is 10.0. The summed E-state index contributed by atoms with van der Waals surface area (Å²) in [7, 11) is -3.97. The number of hydrogen-bond acceptors (Lipinski definition) is 8. The molecule has 9 nitrogen and oxygen atoms in total. The number of amides is 2. The molecule has 2 aliphatic heterocycles. The average Bonchev–Trinajstić information content (AvgIpc) is 2.80. The Morgan fingerprint density at radius 3 is 2.21 bits per heavy atom. The standard InChI is InChI=1S/C22H20N2O7S2/c1-33(28,29)31-16-12-32-21-17(23-13-25)20(26)24(21)18(16)22(27)30-19(14-8-4-2-5-9-14)15-10-6-3-7-11-15/h2-11,13,17,19,21H,12H2,1H3,(H,23,25)/t17?,21-/m0/s1. The predicted octanol–water partition coefficient (Wildman–Crippen LogP) is 1.54. The second kappa shape index (κ2) is 9.28. The third-order valence-corrected chi connectivity index (χ3v) is 6.81. The zero-order valence-electron chi connectivity index (χ0n) is 17.4. The SMILES string of the molecule is CS(=O)(=O)OC1=C(C(=O)OC(c2ccccc2)c2ccccc2)N2C(=O)C(NC=O)[C@@H]2SC1. The van der Waals surface area contributed by atoms with Crippen LogP contribution in [0.15, 0.2) is 72.1 Å². The summed E-state index contributed by atoms with van der Waals surface area (Å²) in [5, 5.41) is 1.84. The highest BCUT2D eigenvalue weighted by Gasteiger charge is 2.55. The number of nitrogens with zero attached hydrogens (tertiary/aromatic N) is 1. The van der Waals surface area contributed by atoms with E-state index in [2.05, 4.69) is 5.32 Å². The summed E-state index contributed by atoms with van der Waals surface area (Å²) in [6, 6.07) is 17.2. The second-order valence-electron chi connectivity index (χ2n) is 7.34. The first-order chi connectivity index (χ1) is 15.8. The van der Waals surface area contributed by atoms with Crippen molar-refractivity contribution in [1.82, 2.24) is 10.2 Å². The third kappa shape index (κ3) is 4.74. The Bertz CT molecular complexity index is 1160. The van der Waals surface area contributed by atoms with Crippen molar-refractivity contribution in [3.63, 3.8) is 0 Å². The molecule has 2 atom stereocenters. The predicted molar refractivity (Wildman–Crippen MR) is 120 cm³/mol. The number of benzene rings is 2. The Morgan fingerprint density at radius 2 is 1.70 bits per heavy atom. The van der Waals surface area contributed by atoms with Gasteiger partial charge in [-0.25, -0.2) is 4.79 Å². The largest absolute Gasteiger partial charge is 0.448 e. The molecule has 2 aliphatic rings. The molecule has 0 radical (unpaired) electrons. The van der Waals surface area contributed by atoms with Gasteiger partial charge in [0.15, 0.2) is 17.6 Å². The summed E-state index contributed by atoms with van der Waals surface area (Å²) in [5.74, 6) is -1.66. The van der Waals surface area contributed by atoms with Crippen molar-refractivity contribution in [2.24, 2.45) is 0 Å². The van der Waals surface area contributed by atoms with Crippen LogP contribution in [0.3, 0.4) is 0 Å². The van der Waals surface area contributed by atoms with E-state index in [9.17, 15) is 22.8 Å². The molecule has 2 aromatic carbocycles. The van der Waals surface area contributed by atoms with Crippen molar-refractivity contribution in [2.45, 2.75) is 17.5 Å².